The molecule has 0 fully saturated rings. The van der Waals surface area contributed by atoms with Crippen molar-refractivity contribution in [1.29, 1.82) is 0 Å². The molecule has 0 saturated carbocycles. The number of ether oxygens (including phenoxy) is 2. The molecule has 3 aromatic rings. The highest BCUT2D eigenvalue weighted by Crippen LogP contribution is 2.33. The second kappa shape index (κ2) is 11.0. The van der Waals surface area contributed by atoms with Crippen LogP contribution in [-0.2, 0) is 19.6 Å². The summed E-state index contributed by atoms with van der Waals surface area (Å²) >= 11 is 2.24. The summed E-state index contributed by atoms with van der Waals surface area (Å²) in [5, 5.41) is 10.5. The van der Waals surface area contributed by atoms with E-state index in [4.69, 9.17) is 9.47 Å². The summed E-state index contributed by atoms with van der Waals surface area (Å²) < 4.78 is 38.0. The Bertz CT molecular complexity index is 1250. The second-order valence-electron chi connectivity index (χ2n) is 5.95. The molecule has 33 heavy (non-hydrogen) atoms. The number of nitrogens with zero attached hydrogens (tertiary/aromatic N) is 4. The molecule has 0 aliphatic carbocycles. The molecule has 2 heterocycles. The fraction of sp³-hybridized carbons (Fsp3) is 0.222. The van der Waals surface area contributed by atoms with Crippen LogP contribution in [0.15, 0.2) is 45.8 Å². The number of benzene rings is 1. The minimum atomic E-state index is -4.29. The first kappa shape index (κ1) is 24.3. The lowest BCUT2D eigenvalue weighted by molar-refractivity contribution is -0.139. The van der Waals surface area contributed by atoms with Gasteiger partial charge >= 0.3 is 12.0 Å². The number of sulfonamides is 1. The number of amides is 2. The molecule has 0 radical (unpaired) electrons. The Labute approximate surface area is 197 Å². The lowest BCUT2D eigenvalue weighted by Gasteiger charge is -2.10. The Morgan fingerprint density at radius 3 is 2.73 bits per heavy atom. The number of rotatable bonds is 9. The number of esters is 1. The Hall–Kier alpha value is -3.30. The standard InChI is InChI=1S/C18H18N6O6S3/c1-3-30-14(25)10-31-18-23-22-15(32-18)11-6-4-5-7-12(11)33(27,28)24-17(26)21-16-19-9-8-13(20-16)29-2/h4-9H,3,10H2,1-2H3,(H2,19,20,21,24,26). The van der Waals surface area contributed by atoms with Crippen molar-refractivity contribution in [2.75, 3.05) is 24.8 Å². The molecule has 0 bridgehead atoms. The zero-order valence-electron chi connectivity index (χ0n) is 17.3. The van der Waals surface area contributed by atoms with Gasteiger partial charge in [-0.2, -0.15) is 4.98 Å². The predicted octanol–water partition coefficient (Wildman–Crippen LogP) is 2.17. The largest absolute Gasteiger partial charge is 0.481 e. The maximum absolute atomic E-state index is 12.9. The smallest absolute Gasteiger partial charge is 0.335 e. The average molecular weight is 511 g/mol. The highest BCUT2D eigenvalue weighted by molar-refractivity contribution is 8.01. The Kier molecular flexibility index (Phi) is 8.13. The van der Waals surface area contributed by atoms with Crippen molar-refractivity contribution in [3.8, 4) is 16.5 Å². The first-order valence-corrected chi connectivity index (χ1v) is 12.5. The van der Waals surface area contributed by atoms with Gasteiger partial charge in [0.1, 0.15) is 5.01 Å². The molecule has 2 amide bonds. The van der Waals surface area contributed by atoms with E-state index in [1.54, 1.807) is 13.0 Å². The Morgan fingerprint density at radius 2 is 1.97 bits per heavy atom. The van der Waals surface area contributed by atoms with Crippen molar-refractivity contribution in [1.82, 2.24) is 24.9 Å². The summed E-state index contributed by atoms with van der Waals surface area (Å²) in [6.07, 6.45) is 1.35. The zero-order valence-corrected chi connectivity index (χ0v) is 19.8. The van der Waals surface area contributed by atoms with Crippen LogP contribution in [0.3, 0.4) is 0 Å². The summed E-state index contributed by atoms with van der Waals surface area (Å²) in [6, 6.07) is 6.43. The molecule has 15 heteroatoms. The molecule has 0 spiro atoms. The van der Waals surface area contributed by atoms with Gasteiger partial charge < -0.3 is 9.47 Å². The maximum atomic E-state index is 12.9. The quantitative estimate of drug-likeness (QED) is 0.320. The van der Waals surface area contributed by atoms with Gasteiger partial charge in [-0.3, -0.25) is 10.1 Å². The summed E-state index contributed by atoms with van der Waals surface area (Å²) in [5.74, 6) is -0.280. The number of hydrogen-bond donors (Lipinski definition) is 2. The van der Waals surface area contributed by atoms with Crippen molar-refractivity contribution >= 4 is 51.1 Å². The van der Waals surface area contributed by atoms with E-state index in [1.165, 1.54) is 37.6 Å². The monoisotopic (exact) mass is 510 g/mol. The van der Waals surface area contributed by atoms with Gasteiger partial charge in [0, 0.05) is 17.8 Å². The normalized spacial score (nSPS) is 11.0. The number of hydrogen-bond acceptors (Lipinski definition) is 12. The average Bonchev–Trinajstić information content (AvgIpc) is 3.26. The molecule has 12 nitrogen and oxygen atoms in total. The van der Waals surface area contributed by atoms with Crippen molar-refractivity contribution < 1.29 is 27.5 Å². The number of urea groups is 1. The third-order valence-electron chi connectivity index (χ3n) is 3.72. The number of nitrogens with one attached hydrogen (secondary N) is 2. The summed E-state index contributed by atoms with van der Waals surface area (Å²) in [6.45, 7) is 1.98. The zero-order chi connectivity index (χ0) is 23.8. The Balaban J connectivity index is 1.76. The van der Waals surface area contributed by atoms with Crippen LogP contribution in [0.4, 0.5) is 10.7 Å². The number of anilines is 1. The van der Waals surface area contributed by atoms with E-state index in [1.807, 2.05) is 4.72 Å². The maximum Gasteiger partial charge on any atom is 0.335 e. The molecule has 0 aliphatic heterocycles. The van der Waals surface area contributed by atoms with Gasteiger partial charge in [0.15, 0.2) is 4.34 Å². The Morgan fingerprint density at radius 1 is 1.18 bits per heavy atom. The van der Waals surface area contributed by atoms with E-state index in [9.17, 15) is 18.0 Å². The molecular weight excluding hydrogens is 492 g/mol. The molecule has 174 valence electrons. The minimum absolute atomic E-state index is 0.0521. The van der Waals surface area contributed by atoms with Crippen molar-refractivity contribution in [3.63, 3.8) is 0 Å². The molecule has 0 saturated heterocycles. The van der Waals surface area contributed by atoms with Gasteiger partial charge in [-0.15, -0.1) is 10.2 Å². The molecule has 2 aromatic heterocycles. The lowest BCUT2D eigenvalue weighted by atomic mass is 10.2. The van der Waals surface area contributed by atoms with Gasteiger partial charge in [-0.25, -0.2) is 22.9 Å². The van der Waals surface area contributed by atoms with E-state index in [0.29, 0.717) is 9.35 Å². The highest BCUT2D eigenvalue weighted by atomic mass is 32.2. The van der Waals surface area contributed by atoms with Crippen molar-refractivity contribution in [2.45, 2.75) is 16.2 Å². The van der Waals surface area contributed by atoms with Crippen LogP contribution in [-0.4, -0.2) is 60.1 Å². The number of methoxy groups -OCH3 is 1. The molecule has 1 aromatic carbocycles. The van der Waals surface area contributed by atoms with Gasteiger partial charge in [-0.1, -0.05) is 41.3 Å². The van der Waals surface area contributed by atoms with Gasteiger partial charge in [0.25, 0.3) is 10.0 Å². The van der Waals surface area contributed by atoms with Gasteiger partial charge in [0.2, 0.25) is 11.8 Å². The van der Waals surface area contributed by atoms with Crippen LogP contribution >= 0.6 is 23.1 Å². The van der Waals surface area contributed by atoms with Crippen molar-refractivity contribution in [2.24, 2.45) is 0 Å². The third-order valence-corrected chi connectivity index (χ3v) is 7.18. The fourth-order valence-electron chi connectivity index (χ4n) is 2.40. The molecule has 3 rings (SSSR count). The fourth-order valence-corrected chi connectivity index (χ4v) is 5.27. The molecule has 2 N–H and O–H groups in total. The van der Waals surface area contributed by atoms with E-state index < -0.39 is 22.0 Å². The summed E-state index contributed by atoms with van der Waals surface area (Å²) in [7, 11) is -2.90. The first-order valence-electron chi connectivity index (χ1n) is 9.24. The van der Waals surface area contributed by atoms with Crippen LogP contribution < -0.4 is 14.8 Å². The lowest BCUT2D eigenvalue weighted by Crippen LogP contribution is -2.35. The van der Waals surface area contributed by atoms with Crippen LogP contribution in [0.1, 0.15) is 6.92 Å². The second-order valence-corrected chi connectivity index (χ2v) is 9.80. The van der Waals surface area contributed by atoms with Crippen LogP contribution in [0, 0.1) is 0 Å². The van der Waals surface area contributed by atoms with Crippen LogP contribution in [0.25, 0.3) is 10.6 Å². The molecule has 0 aliphatic rings. The molecule has 0 unspecified atom stereocenters. The van der Waals surface area contributed by atoms with E-state index in [0.717, 1.165) is 23.1 Å². The van der Waals surface area contributed by atoms with Gasteiger partial charge in [-0.05, 0) is 13.0 Å². The van der Waals surface area contributed by atoms with E-state index in [2.05, 4.69) is 25.5 Å². The summed E-state index contributed by atoms with van der Waals surface area (Å²) in [5.41, 5.74) is 0.246. The first-order chi connectivity index (χ1) is 15.8. The van der Waals surface area contributed by atoms with E-state index in [-0.39, 0.29) is 34.6 Å². The van der Waals surface area contributed by atoms with E-state index >= 15 is 0 Å². The van der Waals surface area contributed by atoms with Crippen LogP contribution in [0.5, 0.6) is 5.88 Å². The van der Waals surface area contributed by atoms with Crippen molar-refractivity contribution in [3.05, 3.63) is 36.5 Å². The topological polar surface area (TPSA) is 162 Å². The SMILES string of the molecule is CCOC(=O)CSc1nnc(-c2ccccc2S(=O)(=O)NC(=O)Nc2nccc(OC)n2)s1. The van der Waals surface area contributed by atoms with Gasteiger partial charge in [0.05, 0.1) is 24.4 Å². The molecular formula is C18H18N6O6S3. The number of aromatic nitrogens is 4. The predicted molar refractivity (Wildman–Crippen MR) is 121 cm³/mol. The number of carbonyl (C=O) groups excluding carboxylic acids is 2. The third kappa shape index (κ3) is 6.59. The summed E-state index contributed by atoms with van der Waals surface area (Å²) in [4.78, 5) is 31.3. The van der Waals surface area contributed by atoms with Crippen LogP contribution in [0.2, 0.25) is 0 Å². The molecule has 0 atom stereocenters. The number of thioether (sulfide) groups is 1. The minimum Gasteiger partial charge on any atom is -0.481 e. The highest BCUT2D eigenvalue weighted by Gasteiger charge is 2.24. The number of carbonyl (C=O) groups is 2.